The number of rotatable bonds is 6. The first-order valence-corrected chi connectivity index (χ1v) is 15.0. The highest BCUT2D eigenvalue weighted by Gasteiger charge is 2.25. The van der Waals surface area contributed by atoms with Crippen LogP contribution in [0.15, 0.2) is 47.5 Å². The molecule has 2 N–H and O–H groups in total. The Morgan fingerprint density at radius 2 is 1.89 bits per heavy atom. The lowest BCUT2D eigenvalue weighted by Crippen LogP contribution is -2.46. The molecule has 2 aromatic carbocycles. The Labute approximate surface area is 224 Å². The Hall–Kier alpha value is -3.23. The van der Waals surface area contributed by atoms with Crippen molar-refractivity contribution in [1.29, 1.82) is 0 Å². The summed E-state index contributed by atoms with van der Waals surface area (Å²) in [6.45, 7) is 12.0. The number of piperidine rings is 1. The van der Waals surface area contributed by atoms with Gasteiger partial charge in [-0.25, -0.2) is 13.4 Å². The van der Waals surface area contributed by atoms with E-state index in [4.69, 9.17) is 0 Å². The molecule has 0 atom stereocenters. The fourth-order valence-electron chi connectivity index (χ4n) is 5.51. The summed E-state index contributed by atoms with van der Waals surface area (Å²) in [6, 6.07) is 11.7. The maximum absolute atomic E-state index is 13.7. The van der Waals surface area contributed by atoms with Gasteiger partial charge in [-0.2, -0.15) is 0 Å². The third-order valence-corrected chi connectivity index (χ3v) is 9.58. The van der Waals surface area contributed by atoms with Crippen molar-refractivity contribution in [2.24, 2.45) is 0 Å². The van der Waals surface area contributed by atoms with Gasteiger partial charge in [0.2, 0.25) is 0 Å². The topological polar surface area (TPSA) is 95.2 Å². The first-order valence-electron chi connectivity index (χ1n) is 13.4. The van der Waals surface area contributed by atoms with Crippen LogP contribution in [0, 0.1) is 13.8 Å². The molecule has 3 heterocycles. The number of sulfone groups is 1. The van der Waals surface area contributed by atoms with Gasteiger partial charge in [-0.1, -0.05) is 19.1 Å². The van der Waals surface area contributed by atoms with Gasteiger partial charge in [0.1, 0.15) is 5.65 Å². The first-order chi connectivity index (χ1) is 18.1. The number of carbonyl (C=O) groups excluding carboxylic acids is 1. The third-order valence-electron chi connectivity index (χ3n) is 7.85. The summed E-state index contributed by atoms with van der Waals surface area (Å²) in [5.41, 5.74) is 5.63. The number of aryl methyl sites for hydroxylation is 2. The van der Waals surface area contributed by atoms with E-state index in [1.165, 1.54) is 0 Å². The zero-order valence-electron chi connectivity index (χ0n) is 22.8. The minimum absolute atomic E-state index is 0.0270. The summed E-state index contributed by atoms with van der Waals surface area (Å²) in [7, 11) is -3.39. The number of carbonyl (C=O) groups is 1. The van der Waals surface area contributed by atoms with Gasteiger partial charge in [-0.15, -0.1) is 0 Å². The second-order valence-corrected chi connectivity index (χ2v) is 13.0. The number of aromatic amines is 1. The van der Waals surface area contributed by atoms with E-state index >= 15 is 0 Å². The Morgan fingerprint density at radius 3 is 2.58 bits per heavy atom. The van der Waals surface area contributed by atoms with E-state index in [0.717, 1.165) is 70.1 Å². The molecule has 5 rings (SSSR count). The molecule has 7 nitrogen and oxygen atoms in total. The highest BCUT2D eigenvalue weighted by atomic mass is 32.2. The average molecular weight is 533 g/mol. The SMILES string of the molecule is CCS(=O)(=O)c1cccc(-c2cc(C(=O)NC3CCN(C(C)C)CC3)c(C)c3[nH]c4ncc(C)cc4c23)c1. The molecule has 0 saturated carbocycles. The van der Waals surface area contributed by atoms with E-state index in [2.05, 4.69) is 40.1 Å². The van der Waals surface area contributed by atoms with Crippen molar-refractivity contribution >= 4 is 37.7 Å². The summed E-state index contributed by atoms with van der Waals surface area (Å²) in [4.78, 5) is 24.4. The Balaban J connectivity index is 1.64. The predicted octanol–water partition coefficient (Wildman–Crippen LogP) is 5.40. The molecule has 1 amide bonds. The molecule has 1 saturated heterocycles. The second kappa shape index (κ2) is 10.2. The minimum Gasteiger partial charge on any atom is -0.349 e. The molecular weight excluding hydrogens is 496 g/mol. The summed E-state index contributed by atoms with van der Waals surface area (Å²) < 4.78 is 25.4. The lowest BCUT2D eigenvalue weighted by Gasteiger charge is -2.35. The van der Waals surface area contributed by atoms with Crippen molar-refractivity contribution in [2.45, 2.75) is 64.4 Å². The zero-order valence-corrected chi connectivity index (χ0v) is 23.6. The Morgan fingerprint density at radius 1 is 1.16 bits per heavy atom. The average Bonchev–Trinajstić information content (AvgIpc) is 3.28. The van der Waals surface area contributed by atoms with Crippen LogP contribution < -0.4 is 5.32 Å². The van der Waals surface area contributed by atoms with E-state index in [1.807, 2.05) is 32.2 Å². The maximum Gasteiger partial charge on any atom is 0.251 e. The number of likely N-dealkylation sites (tertiary alicyclic amines) is 1. The summed E-state index contributed by atoms with van der Waals surface area (Å²) in [5, 5.41) is 5.17. The molecule has 0 bridgehead atoms. The summed E-state index contributed by atoms with van der Waals surface area (Å²) >= 11 is 0. The molecule has 38 heavy (non-hydrogen) atoms. The van der Waals surface area contributed by atoms with Crippen LogP contribution in [0.25, 0.3) is 33.1 Å². The largest absolute Gasteiger partial charge is 0.349 e. The van der Waals surface area contributed by atoms with E-state index in [-0.39, 0.29) is 22.6 Å². The number of hydrogen-bond donors (Lipinski definition) is 2. The van der Waals surface area contributed by atoms with Crippen molar-refractivity contribution in [3.63, 3.8) is 0 Å². The lowest BCUT2D eigenvalue weighted by molar-refractivity contribution is 0.0900. The standard InChI is InChI=1S/C30H36N4O3S/c1-6-38(36,37)23-9-7-8-21(15-23)25-16-24(30(35)32-22-10-12-34(13-11-22)18(2)3)20(5)28-27(25)26-14-19(4)17-31-29(26)33-28/h7-9,14-18,22H,6,10-13H2,1-5H3,(H,31,33)(H,32,35). The molecule has 4 aromatic rings. The number of fused-ring (bicyclic) bond motifs is 3. The zero-order chi connectivity index (χ0) is 27.2. The van der Waals surface area contributed by atoms with E-state index in [1.54, 1.807) is 25.1 Å². The monoisotopic (exact) mass is 532 g/mol. The van der Waals surface area contributed by atoms with Crippen molar-refractivity contribution in [3.8, 4) is 11.1 Å². The number of hydrogen-bond acceptors (Lipinski definition) is 5. The molecule has 1 aliphatic rings. The molecule has 2 aromatic heterocycles. The van der Waals surface area contributed by atoms with Crippen LogP contribution >= 0.6 is 0 Å². The molecule has 0 spiro atoms. The smallest absolute Gasteiger partial charge is 0.251 e. The van der Waals surface area contributed by atoms with Crippen LogP contribution in [-0.2, 0) is 9.84 Å². The number of H-pyrrole nitrogens is 1. The molecule has 0 unspecified atom stereocenters. The normalized spacial score (nSPS) is 15.5. The maximum atomic E-state index is 13.7. The number of pyridine rings is 1. The van der Waals surface area contributed by atoms with Crippen molar-refractivity contribution in [1.82, 2.24) is 20.2 Å². The van der Waals surface area contributed by atoms with Gasteiger partial charge in [-0.05, 0) is 87.1 Å². The van der Waals surface area contributed by atoms with Gasteiger partial charge in [0.05, 0.1) is 16.2 Å². The van der Waals surface area contributed by atoms with Crippen molar-refractivity contribution < 1.29 is 13.2 Å². The van der Waals surface area contributed by atoms with E-state index in [9.17, 15) is 13.2 Å². The van der Waals surface area contributed by atoms with Crippen LogP contribution in [0.3, 0.4) is 0 Å². The fraction of sp³-hybridized carbons (Fsp3) is 0.400. The third kappa shape index (κ3) is 4.83. The second-order valence-electron chi connectivity index (χ2n) is 10.7. The number of amides is 1. The first kappa shape index (κ1) is 26.4. The number of benzene rings is 2. The van der Waals surface area contributed by atoms with Gasteiger partial charge in [0.15, 0.2) is 9.84 Å². The van der Waals surface area contributed by atoms with Crippen LogP contribution in [-0.4, -0.2) is 60.1 Å². The van der Waals surface area contributed by atoms with Gasteiger partial charge in [-0.3, -0.25) is 4.79 Å². The van der Waals surface area contributed by atoms with Gasteiger partial charge in [0.25, 0.3) is 5.91 Å². The summed E-state index contributed by atoms with van der Waals surface area (Å²) in [5.74, 6) is -0.0760. The van der Waals surface area contributed by atoms with Gasteiger partial charge >= 0.3 is 0 Å². The summed E-state index contributed by atoms with van der Waals surface area (Å²) in [6.07, 6.45) is 3.66. The lowest BCUT2D eigenvalue weighted by atomic mass is 9.93. The van der Waals surface area contributed by atoms with E-state index < -0.39 is 9.84 Å². The van der Waals surface area contributed by atoms with E-state index in [0.29, 0.717) is 11.6 Å². The van der Waals surface area contributed by atoms with Crippen molar-refractivity contribution in [3.05, 3.63) is 59.3 Å². The highest BCUT2D eigenvalue weighted by molar-refractivity contribution is 7.91. The van der Waals surface area contributed by atoms with Gasteiger partial charge < -0.3 is 15.2 Å². The van der Waals surface area contributed by atoms with Crippen LogP contribution in [0.5, 0.6) is 0 Å². The molecule has 1 aliphatic heterocycles. The minimum atomic E-state index is -3.39. The molecule has 0 aliphatic carbocycles. The van der Waals surface area contributed by atoms with Crippen LogP contribution in [0.2, 0.25) is 0 Å². The molecule has 1 fully saturated rings. The molecule has 8 heteroatoms. The number of nitrogens with zero attached hydrogens (tertiary/aromatic N) is 2. The molecule has 200 valence electrons. The van der Waals surface area contributed by atoms with Crippen molar-refractivity contribution in [2.75, 3.05) is 18.8 Å². The number of nitrogens with one attached hydrogen (secondary N) is 2. The predicted molar refractivity (Wildman–Crippen MR) is 153 cm³/mol. The molecule has 0 radical (unpaired) electrons. The van der Waals surface area contributed by atoms with Crippen LogP contribution in [0.1, 0.15) is 55.1 Å². The van der Waals surface area contributed by atoms with Gasteiger partial charge in [0, 0.05) is 47.7 Å². The molecular formula is C30H36N4O3S. The fourth-order valence-corrected chi connectivity index (χ4v) is 6.43. The van der Waals surface area contributed by atoms with Crippen LogP contribution in [0.4, 0.5) is 0 Å². The Bertz CT molecular complexity index is 1630. The highest BCUT2D eigenvalue weighted by Crippen LogP contribution is 2.38. The quantitative estimate of drug-likeness (QED) is 0.347. The Kier molecular flexibility index (Phi) is 7.05. The number of aromatic nitrogens is 2.